The Kier molecular flexibility index (Phi) is 3.54. The Hall–Kier alpha value is -1.44. The molecule has 0 heterocycles. The van der Waals surface area contributed by atoms with Crippen molar-refractivity contribution in [3.63, 3.8) is 0 Å². The van der Waals surface area contributed by atoms with Crippen LogP contribution in [0.15, 0.2) is 0 Å². The van der Waals surface area contributed by atoms with Crippen molar-refractivity contribution in [2.75, 3.05) is 6.61 Å². The lowest BCUT2D eigenvalue weighted by Crippen LogP contribution is -2.49. The Morgan fingerprint density at radius 2 is 2.00 bits per heavy atom. The smallest absolute Gasteiger partial charge is 0.294 e. The molecule has 0 aromatic carbocycles. The molecule has 0 aliphatic carbocycles. The minimum absolute atomic E-state index is 0.773. The Balaban J connectivity index is 4.43. The monoisotopic (exact) mass is 194 g/mol. The van der Waals surface area contributed by atoms with Crippen LogP contribution < -0.4 is 0 Å². The maximum atomic E-state index is 10.4. The predicted octanol–water partition coefficient (Wildman–Crippen LogP) is -0.389. The second-order valence-electron chi connectivity index (χ2n) is 2.79. The fourth-order valence-corrected chi connectivity index (χ4v) is 0.509. The highest BCUT2D eigenvalue weighted by atomic mass is 17.0. The van der Waals surface area contributed by atoms with Gasteiger partial charge in [-0.1, -0.05) is 0 Å². The second kappa shape index (κ2) is 3.99. The highest BCUT2D eigenvalue weighted by molar-refractivity contribution is 4.78. The Bertz CT molecular complexity index is 217. The first-order valence-electron chi connectivity index (χ1n) is 3.40. The van der Waals surface area contributed by atoms with Gasteiger partial charge in [-0.05, 0) is 6.92 Å². The molecule has 0 rings (SSSR count). The van der Waals surface area contributed by atoms with Gasteiger partial charge >= 0.3 is 0 Å². The molecule has 0 aromatic rings. The average Bonchev–Trinajstić information content (AvgIpc) is 1.99. The molecule has 0 aromatic heterocycles. The molecule has 13 heavy (non-hydrogen) atoms. The highest BCUT2D eigenvalue weighted by Gasteiger charge is 2.44. The summed E-state index contributed by atoms with van der Waals surface area (Å²) in [6.07, 6.45) is -1.33. The van der Waals surface area contributed by atoms with Crippen LogP contribution in [0.1, 0.15) is 13.8 Å². The van der Waals surface area contributed by atoms with E-state index in [1.54, 1.807) is 0 Å². The molecule has 8 nitrogen and oxygen atoms in total. The van der Waals surface area contributed by atoms with Crippen molar-refractivity contribution in [1.82, 2.24) is 0 Å². The van der Waals surface area contributed by atoms with E-state index in [-0.39, 0.29) is 0 Å². The molecule has 0 aliphatic rings. The minimum Gasteiger partial charge on any atom is -0.386 e. The van der Waals surface area contributed by atoms with Crippen LogP contribution >= 0.6 is 0 Å². The molecular formula is C5H10N2O6. The van der Waals surface area contributed by atoms with E-state index in [9.17, 15) is 20.2 Å². The van der Waals surface area contributed by atoms with Crippen molar-refractivity contribution in [3.05, 3.63) is 20.2 Å². The summed E-state index contributed by atoms with van der Waals surface area (Å²) in [5.74, 6) is 0. The summed E-state index contributed by atoms with van der Waals surface area (Å²) in [6, 6.07) is 0. The van der Waals surface area contributed by atoms with E-state index in [0.29, 0.717) is 0 Å². The van der Waals surface area contributed by atoms with Gasteiger partial charge in [0.1, 0.15) is 6.10 Å². The first kappa shape index (κ1) is 11.6. The molecule has 2 unspecified atom stereocenters. The van der Waals surface area contributed by atoms with Gasteiger partial charge in [0.25, 0.3) is 10.6 Å². The summed E-state index contributed by atoms with van der Waals surface area (Å²) in [5.41, 5.74) is -1.85. The van der Waals surface area contributed by atoms with E-state index in [1.165, 1.54) is 6.92 Å². The zero-order chi connectivity index (χ0) is 10.6. The van der Waals surface area contributed by atoms with Gasteiger partial charge in [-0.25, -0.2) is 0 Å². The van der Waals surface area contributed by atoms with Gasteiger partial charge in [0.05, 0.1) is 0 Å². The normalized spacial score (nSPS) is 17.2. The van der Waals surface area contributed by atoms with E-state index in [4.69, 9.17) is 5.11 Å². The van der Waals surface area contributed by atoms with Crippen LogP contribution in [0.5, 0.6) is 0 Å². The number of nitro groups is 1. The van der Waals surface area contributed by atoms with E-state index in [0.717, 1.165) is 6.92 Å². The molecule has 1 N–H and O–H groups in total. The fraction of sp³-hybridized carbons (Fsp3) is 1.00. The third kappa shape index (κ3) is 2.82. The van der Waals surface area contributed by atoms with Crippen molar-refractivity contribution < 1.29 is 20.0 Å². The number of rotatable bonds is 5. The molecule has 0 aliphatic heterocycles. The summed E-state index contributed by atoms with van der Waals surface area (Å²) >= 11 is 0. The van der Waals surface area contributed by atoms with Gasteiger partial charge in [-0.15, -0.1) is 10.1 Å². The maximum absolute atomic E-state index is 10.4. The van der Waals surface area contributed by atoms with Gasteiger partial charge in [0.2, 0.25) is 0 Å². The summed E-state index contributed by atoms with van der Waals surface area (Å²) < 4.78 is 0. The van der Waals surface area contributed by atoms with Crippen molar-refractivity contribution in [3.8, 4) is 0 Å². The molecule has 0 amide bonds. The summed E-state index contributed by atoms with van der Waals surface area (Å²) in [7, 11) is 0. The van der Waals surface area contributed by atoms with Crippen LogP contribution in [0.3, 0.4) is 0 Å². The molecule has 76 valence electrons. The van der Waals surface area contributed by atoms with E-state index in [1.807, 2.05) is 0 Å². The maximum Gasteiger partial charge on any atom is 0.294 e. The van der Waals surface area contributed by atoms with E-state index < -0.39 is 28.3 Å². The number of hydrogen-bond donors (Lipinski definition) is 1. The summed E-state index contributed by atoms with van der Waals surface area (Å²) in [5, 5.41) is 28.1. The van der Waals surface area contributed by atoms with Gasteiger partial charge in [0, 0.05) is 11.8 Å². The Labute approximate surface area is 73.4 Å². The van der Waals surface area contributed by atoms with Gasteiger partial charge in [0.15, 0.2) is 6.61 Å². The molecule has 8 heteroatoms. The first-order valence-corrected chi connectivity index (χ1v) is 3.40. The van der Waals surface area contributed by atoms with Crippen molar-refractivity contribution in [2.45, 2.75) is 25.5 Å². The zero-order valence-corrected chi connectivity index (χ0v) is 7.17. The van der Waals surface area contributed by atoms with Crippen LogP contribution in [-0.4, -0.2) is 33.4 Å². The molecule has 0 radical (unpaired) electrons. The van der Waals surface area contributed by atoms with Crippen LogP contribution in [0.2, 0.25) is 0 Å². The topological polar surface area (TPSA) is 116 Å². The number of aliphatic hydroxyl groups is 1. The van der Waals surface area contributed by atoms with Crippen LogP contribution in [0.25, 0.3) is 0 Å². The molecule has 0 saturated carbocycles. The number of hydrogen-bond acceptors (Lipinski definition) is 6. The molecule has 2 atom stereocenters. The zero-order valence-electron chi connectivity index (χ0n) is 7.17. The SMILES string of the molecule is CC(O)C(C)(CO[N+](=O)[O-])[N+](=O)[O-]. The Morgan fingerprint density at radius 1 is 1.54 bits per heavy atom. The molecule has 0 bridgehead atoms. The number of nitrogens with zero attached hydrogens (tertiary/aromatic N) is 2. The molecular weight excluding hydrogens is 184 g/mol. The van der Waals surface area contributed by atoms with Crippen LogP contribution in [-0.2, 0) is 4.84 Å². The van der Waals surface area contributed by atoms with Gasteiger partial charge in [-0.2, -0.15) is 0 Å². The van der Waals surface area contributed by atoms with Gasteiger partial charge in [-0.3, -0.25) is 10.1 Å². The summed E-state index contributed by atoms with van der Waals surface area (Å²) in [6.45, 7) is 1.47. The summed E-state index contributed by atoms with van der Waals surface area (Å²) in [4.78, 5) is 23.2. The van der Waals surface area contributed by atoms with Gasteiger partial charge < -0.3 is 9.94 Å². The van der Waals surface area contributed by atoms with Crippen molar-refractivity contribution in [2.24, 2.45) is 0 Å². The average molecular weight is 194 g/mol. The Morgan fingerprint density at radius 3 is 2.23 bits per heavy atom. The molecule has 0 fully saturated rings. The lowest BCUT2D eigenvalue weighted by Gasteiger charge is -2.21. The van der Waals surface area contributed by atoms with Crippen molar-refractivity contribution in [1.29, 1.82) is 0 Å². The first-order chi connectivity index (χ1) is 5.80. The third-order valence-corrected chi connectivity index (χ3v) is 1.78. The van der Waals surface area contributed by atoms with Crippen LogP contribution in [0.4, 0.5) is 0 Å². The number of aliphatic hydroxyl groups excluding tert-OH is 1. The molecule has 0 saturated heterocycles. The molecule has 0 spiro atoms. The second-order valence-corrected chi connectivity index (χ2v) is 2.79. The highest BCUT2D eigenvalue weighted by Crippen LogP contribution is 2.14. The van der Waals surface area contributed by atoms with E-state index in [2.05, 4.69) is 4.84 Å². The standard InChI is InChI=1S/C5H10N2O6/c1-4(8)5(2,6(9)10)3-13-7(11)12/h4,8H,3H2,1-2H3. The third-order valence-electron chi connectivity index (χ3n) is 1.78. The van der Waals surface area contributed by atoms with Crippen LogP contribution in [0, 0.1) is 20.2 Å². The lowest BCUT2D eigenvalue weighted by molar-refractivity contribution is -0.771. The largest absolute Gasteiger partial charge is 0.386 e. The minimum atomic E-state index is -1.85. The van der Waals surface area contributed by atoms with Crippen molar-refractivity contribution >= 4 is 0 Å². The van der Waals surface area contributed by atoms with E-state index >= 15 is 0 Å². The quantitative estimate of drug-likeness (QED) is 0.470. The predicted molar refractivity (Wildman–Crippen MR) is 40.0 cm³/mol. The fourth-order valence-electron chi connectivity index (χ4n) is 0.509. The lowest BCUT2D eigenvalue weighted by atomic mass is 9.98.